The molecular formula is C16H20N6O. The molecule has 0 unspecified atom stereocenters. The minimum absolute atomic E-state index is 0.0172. The van der Waals surface area contributed by atoms with Gasteiger partial charge in [-0.2, -0.15) is 5.10 Å². The standard InChI is InChI=1S/C16H20N6O/c23-16(20-13-2-3-13)12-1-4-15(18-9-12)21-7-5-14(6-8-21)22-11-17-10-19-22/h1,4,9-11,13-14H,2-3,5-8H2,(H,20,23). The molecule has 7 heteroatoms. The van der Waals surface area contributed by atoms with E-state index in [1.165, 1.54) is 0 Å². The van der Waals surface area contributed by atoms with E-state index in [1.807, 2.05) is 16.8 Å². The molecule has 0 spiro atoms. The normalized spacial score (nSPS) is 18.9. The summed E-state index contributed by atoms with van der Waals surface area (Å²) >= 11 is 0. The summed E-state index contributed by atoms with van der Waals surface area (Å²) in [6.45, 7) is 1.87. The lowest BCUT2D eigenvalue weighted by molar-refractivity contribution is 0.0950. The monoisotopic (exact) mass is 312 g/mol. The molecule has 0 bridgehead atoms. The molecular weight excluding hydrogens is 292 g/mol. The van der Waals surface area contributed by atoms with E-state index in [9.17, 15) is 4.79 Å². The van der Waals surface area contributed by atoms with E-state index in [-0.39, 0.29) is 5.91 Å². The molecule has 2 aromatic heterocycles. The zero-order valence-corrected chi connectivity index (χ0v) is 12.9. The number of nitrogens with one attached hydrogen (secondary N) is 1. The SMILES string of the molecule is O=C(NC1CC1)c1ccc(N2CCC(n3cncn3)CC2)nc1. The smallest absolute Gasteiger partial charge is 0.253 e. The van der Waals surface area contributed by atoms with Crippen molar-refractivity contribution >= 4 is 11.7 Å². The summed E-state index contributed by atoms with van der Waals surface area (Å²) in [7, 11) is 0. The van der Waals surface area contributed by atoms with Crippen molar-refractivity contribution in [1.29, 1.82) is 0 Å². The number of pyridine rings is 1. The van der Waals surface area contributed by atoms with E-state index in [0.29, 0.717) is 17.6 Å². The highest BCUT2D eigenvalue weighted by Gasteiger charge is 2.24. The number of aromatic nitrogens is 4. The quantitative estimate of drug-likeness (QED) is 0.923. The molecule has 4 rings (SSSR count). The fourth-order valence-electron chi connectivity index (χ4n) is 2.97. The minimum Gasteiger partial charge on any atom is -0.356 e. The largest absolute Gasteiger partial charge is 0.356 e. The molecule has 7 nitrogen and oxygen atoms in total. The van der Waals surface area contributed by atoms with Crippen molar-refractivity contribution in [2.24, 2.45) is 0 Å². The van der Waals surface area contributed by atoms with Crippen molar-refractivity contribution in [3.05, 3.63) is 36.5 Å². The first-order valence-corrected chi connectivity index (χ1v) is 8.15. The Morgan fingerprint density at radius 2 is 2.00 bits per heavy atom. The van der Waals surface area contributed by atoms with Gasteiger partial charge in [0.25, 0.3) is 5.91 Å². The summed E-state index contributed by atoms with van der Waals surface area (Å²) in [5.41, 5.74) is 0.637. The Balaban J connectivity index is 1.36. The van der Waals surface area contributed by atoms with Gasteiger partial charge in [0.2, 0.25) is 0 Å². The topological polar surface area (TPSA) is 75.9 Å². The van der Waals surface area contributed by atoms with Crippen LogP contribution in [-0.2, 0) is 0 Å². The fourth-order valence-corrected chi connectivity index (χ4v) is 2.97. The zero-order chi connectivity index (χ0) is 15.6. The summed E-state index contributed by atoms with van der Waals surface area (Å²) in [4.78, 5) is 22.7. The van der Waals surface area contributed by atoms with Crippen molar-refractivity contribution in [3.63, 3.8) is 0 Å². The number of amides is 1. The Morgan fingerprint density at radius 1 is 1.17 bits per heavy atom. The third kappa shape index (κ3) is 3.18. The average Bonchev–Trinajstić information content (AvgIpc) is 3.24. The Kier molecular flexibility index (Phi) is 3.69. The van der Waals surface area contributed by atoms with Gasteiger partial charge in [-0.05, 0) is 37.8 Å². The van der Waals surface area contributed by atoms with Crippen LogP contribution in [0.4, 0.5) is 5.82 Å². The number of carbonyl (C=O) groups is 1. The van der Waals surface area contributed by atoms with E-state index in [4.69, 9.17) is 0 Å². The van der Waals surface area contributed by atoms with E-state index < -0.39 is 0 Å². The molecule has 2 aromatic rings. The van der Waals surface area contributed by atoms with Crippen molar-refractivity contribution < 1.29 is 4.79 Å². The lowest BCUT2D eigenvalue weighted by atomic mass is 10.1. The first kappa shape index (κ1) is 14.2. The van der Waals surface area contributed by atoms with Crippen LogP contribution >= 0.6 is 0 Å². The summed E-state index contributed by atoms with van der Waals surface area (Å²) in [5, 5.41) is 7.21. The molecule has 2 aliphatic rings. The Labute approximate surface area is 134 Å². The second-order valence-corrected chi connectivity index (χ2v) is 6.25. The van der Waals surface area contributed by atoms with Gasteiger partial charge in [0, 0.05) is 25.3 Å². The summed E-state index contributed by atoms with van der Waals surface area (Å²) < 4.78 is 1.94. The average molecular weight is 312 g/mol. The molecule has 0 atom stereocenters. The van der Waals surface area contributed by atoms with Gasteiger partial charge in [-0.15, -0.1) is 0 Å². The predicted molar refractivity (Wildman–Crippen MR) is 85.2 cm³/mol. The highest BCUT2D eigenvalue weighted by atomic mass is 16.1. The third-order valence-electron chi connectivity index (χ3n) is 4.52. The van der Waals surface area contributed by atoms with Crippen LogP contribution in [0.25, 0.3) is 0 Å². The van der Waals surface area contributed by atoms with E-state index in [1.54, 1.807) is 18.9 Å². The van der Waals surface area contributed by atoms with Crippen LogP contribution < -0.4 is 10.2 Å². The summed E-state index contributed by atoms with van der Waals surface area (Å²) in [5.74, 6) is 0.918. The lowest BCUT2D eigenvalue weighted by Crippen LogP contribution is -2.35. The van der Waals surface area contributed by atoms with E-state index in [2.05, 4.69) is 25.3 Å². The van der Waals surface area contributed by atoms with Gasteiger partial charge in [-0.25, -0.2) is 14.6 Å². The van der Waals surface area contributed by atoms with E-state index >= 15 is 0 Å². The number of anilines is 1. The van der Waals surface area contributed by atoms with E-state index in [0.717, 1.165) is 44.6 Å². The van der Waals surface area contributed by atoms with Crippen molar-refractivity contribution in [1.82, 2.24) is 25.1 Å². The molecule has 1 aliphatic carbocycles. The number of rotatable bonds is 4. The molecule has 1 saturated heterocycles. The number of carbonyl (C=O) groups excluding carboxylic acids is 1. The van der Waals surface area contributed by atoms with Crippen LogP contribution in [-0.4, -0.2) is 44.8 Å². The molecule has 120 valence electrons. The van der Waals surface area contributed by atoms with Crippen LogP contribution in [0, 0.1) is 0 Å². The molecule has 2 fully saturated rings. The molecule has 1 amide bonds. The van der Waals surface area contributed by atoms with Crippen molar-refractivity contribution in [2.75, 3.05) is 18.0 Å². The van der Waals surface area contributed by atoms with Gasteiger partial charge in [0.15, 0.2) is 0 Å². The Morgan fingerprint density at radius 3 is 2.61 bits per heavy atom. The maximum atomic E-state index is 12.0. The van der Waals surface area contributed by atoms with Crippen LogP contribution in [0.1, 0.15) is 42.1 Å². The van der Waals surface area contributed by atoms with Gasteiger partial charge in [0.1, 0.15) is 18.5 Å². The molecule has 23 heavy (non-hydrogen) atoms. The Bertz CT molecular complexity index is 656. The van der Waals surface area contributed by atoms with Crippen LogP contribution in [0.2, 0.25) is 0 Å². The third-order valence-corrected chi connectivity index (χ3v) is 4.52. The second kappa shape index (κ2) is 5.98. The lowest BCUT2D eigenvalue weighted by Gasteiger charge is -2.32. The first-order chi connectivity index (χ1) is 11.3. The maximum absolute atomic E-state index is 12.0. The van der Waals surface area contributed by atoms with Crippen LogP contribution in [0.5, 0.6) is 0 Å². The van der Waals surface area contributed by atoms with Gasteiger partial charge in [-0.1, -0.05) is 0 Å². The number of hydrogen-bond donors (Lipinski definition) is 1. The van der Waals surface area contributed by atoms with Crippen LogP contribution in [0.15, 0.2) is 31.0 Å². The van der Waals surface area contributed by atoms with Gasteiger partial charge >= 0.3 is 0 Å². The minimum atomic E-state index is -0.0172. The van der Waals surface area contributed by atoms with Crippen molar-refractivity contribution in [2.45, 2.75) is 37.8 Å². The molecule has 0 radical (unpaired) electrons. The van der Waals surface area contributed by atoms with Crippen molar-refractivity contribution in [3.8, 4) is 0 Å². The maximum Gasteiger partial charge on any atom is 0.253 e. The van der Waals surface area contributed by atoms with Crippen LogP contribution in [0.3, 0.4) is 0 Å². The molecule has 3 heterocycles. The summed E-state index contributed by atoms with van der Waals surface area (Å²) in [6, 6.07) is 4.59. The summed E-state index contributed by atoms with van der Waals surface area (Å²) in [6.07, 6.45) is 9.28. The highest BCUT2D eigenvalue weighted by molar-refractivity contribution is 5.94. The Hall–Kier alpha value is -2.44. The molecule has 1 saturated carbocycles. The molecule has 0 aromatic carbocycles. The highest BCUT2D eigenvalue weighted by Crippen LogP contribution is 2.25. The number of hydrogen-bond acceptors (Lipinski definition) is 5. The zero-order valence-electron chi connectivity index (χ0n) is 12.9. The fraction of sp³-hybridized carbons (Fsp3) is 0.500. The predicted octanol–water partition coefficient (Wildman–Crippen LogP) is 1.41. The number of piperidine rings is 1. The molecule has 1 N–H and O–H groups in total. The van der Waals surface area contributed by atoms with Gasteiger partial charge in [0.05, 0.1) is 11.6 Å². The number of nitrogens with zero attached hydrogens (tertiary/aromatic N) is 5. The molecule has 1 aliphatic heterocycles. The first-order valence-electron chi connectivity index (χ1n) is 8.15. The van der Waals surface area contributed by atoms with Gasteiger partial charge < -0.3 is 10.2 Å². The second-order valence-electron chi connectivity index (χ2n) is 6.25. The van der Waals surface area contributed by atoms with Gasteiger partial charge in [-0.3, -0.25) is 4.79 Å².